The molecule has 0 aliphatic carbocycles. The Bertz CT molecular complexity index is 1050. The molecule has 10 heteroatoms. The summed E-state index contributed by atoms with van der Waals surface area (Å²) in [5, 5.41) is 2.84. The molecule has 0 bridgehead atoms. The zero-order valence-corrected chi connectivity index (χ0v) is 19.4. The van der Waals surface area contributed by atoms with E-state index >= 15 is 0 Å². The number of ether oxygens (including phenoxy) is 1. The Kier molecular flexibility index (Phi) is 7.36. The van der Waals surface area contributed by atoms with Crippen LogP contribution in [0.2, 0.25) is 0 Å². The fourth-order valence-electron chi connectivity index (χ4n) is 3.79. The minimum Gasteiger partial charge on any atom is -0.371 e. The lowest BCUT2D eigenvalue weighted by Crippen LogP contribution is -2.41. The van der Waals surface area contributed by atoms with Crippen LogP contribution < -0.4 is 5.32 Å². The van der Waals surface area contributed by atoms with Gasteiger partial charge in [-0.15, -0.1) is 0 Å². The van der Waals surface area contributed by atoms with Crippen LogP contribution in [0.15, 0.2) is 53.5 Å². The van der Waals surface area contributed by atoms with Gasteiger partial charge in [-0.2, -0.15) is 26.3 Å². The van der Waals surface area contributed by atoms with Gasteiger partial charge in [0.1, 0.15) is 5.54 Å². The number of carbonyl (C=O) groups is 1. The van der Waals surface area contributed by atoms with Gasteiger partial charge >= 0.3 is 12.4 Å². The van der Waals surface area contributed by atoms with Crippen LogP contribution in [0.3, 0.4) is 0 Å². The minimum atomic E-state index is -4.94. The van der Waals surface area contributed by atoms with Crippen molar-refractivity contribution in [3.63, 3.8) is 0 Å². The number of hydrogen-bond donors (Lipinski definition) is 1. The minimum absolute atomic E-state index is 0.0885. The highest BCUT2D eigenvalue weighted by atomic mass is 19.4. The van der Waals surface area contributed by atoms with Crippen LogP contribution in [0.25, 0.3) is 0 Å². The van der Waals surface area contributed by atoms with Crippen molar-refractivity contribution in [2.75, 3.05) is 6.61 Å². The Balaban J connectivity index is 1.89. The number of halogens is 6. The predicted octanol–water partition coefficient (Wildman–Crippen LogP) is 6.46. The molecule has 35 heavy (non-hydrogen) atoms. The van der Waals surface area contributed by atoms with Crippen molar-refractivity contribution in [1.82, 2.24) is 5.32 Å². The summed E-state index contributed by atoms with van der Waals surface area (Å²) >= 11 is 0. The van der Waals surface area contributed by atoms with Crippen LogP contribution in [0.4, 0.5) is 26.3 Å². The number of nitrogens with zero attached hydrogens (tertiary/aromatic N) is 1. The Morgan fingerprint density at radius 3 is 2.09 bits per heavy atom. The van der Waals surface area contributed by atoms with Crippen molar-refractivity contribution < 1.29 is 35.9 Å². The predicted molar refractivity (Wildman–Crippen MR) is 119 cm³/mol. The van der Waals surface area contributed by atoms with Crippen molar-refractivity contribution in [2.45, 2.75) is 63.1 Å². The molecule has 0 spiro atoms. The zero-order valence-electron chi connectivity index (χ0n) is 19.4. The third-order valence-corrected chi connectivity index (χ3v) is 6.02. The van der Waals surface area contributed by atoms with E-state index in [1.54, 1.807) is 43.5 Å². The van der Waals surface area contributed by atoms with Crippen molar-refractivity contribution in [2.24, 2.45) is 4.99 Å². The van der Waals surface area contributed by atoms with Crippen LogP contribution in [0.1, 0.15) is 62.0 Å². The van der Waals surface area contributed by atoms with Crippen molar-refractivity contribution in [1.29, 1.82) is 0 Å². The summed E-state index contributed by atoms with van der Waals surface area (Å²) in [6.07, 6.45) is -8.46. The number of nitrogens with one attached hydrogen (secondary N) is 1. The van der Waals surface area contributed by atoms with Gasteiger partial charge in [0.05, 0.1) is 29.4 Å². The molecule has 1 heterocycles. The average Bonchev–Trinajstić information content (AvgIpc) is 3.14. The molecule has 0 saturated carbocycles. The molecular formula is C25H26F6N2O2. The first-order valence-electron chi connectivity index (χ1n) is 11.0. The van der Waals surface area contributed by atoms with E-state index in [0.29, 0.717) is 25.0 Å². The summed E-state index contributed by atoms with van der Waals surface area (Å²) in [6, 6.07) is 10.4. The first kappa shape index (κ1) is 26.7. The van der Waals surface area contributed by atoms with Gasteiger partial charge in [0.25, 0.3) is 0 Å². The maximum absolute atomic E-state index is 13.3. The zero-order chi connectivity index (χ0) is 26.1. The van der Waals surface area contributed by atoms with E-state index in [1.165, 1.54) is 6.92 Å². The van der Waals surface area contributed by atoms with E-state index in [-0.39, 0.29) is 24.1 Å². The molecule has 1 aliphatic heterocycles. The molecule has 0 radical (unpaired) electrons. The molecule has 1 N–H and O–H groups in total. The lowest BCUT2D eigenvalue weighted by Gasteiger charge is -2.30. The summed E-state index contributed by atoms with van der Waals surface area (Å²) < 4.78 is 85.3. The first-order chi connectivity index (χ1) is 16.1. The van der Waals surface area contributed by atoms with Gasteiger partial charge in [-0.3, -0.25) is 9.79 Å². The fraction of sp³-hybridized carbons (Fsp3) is 0.440. The normalized spacial score (nSPS) is 21.7. The van der Waals surface area contributed by atoms with Crippen LogP contribution in [-0.2, 0) is 27.4 Å². The molecule has 0 unspecified atom stereocenters. The third kappa shape index (κ3) is 6.62. The van der Waals surface area contributed by atoms with Crippen LogP contribution in [-0.4, -0.2) is 24.3 Å². The largest absolute Gasteiger partial charge is 0.416 e. The Morgan fingerprint density at radius 2 is 1.60 bits per heavy atom. The number of amides is 1. The summed E-state index contributed by atoms with van der Waals surface area (Å²) in [5.41, 5.74) is -3.99. The smallest absolute Gasteiger partial charge is 0.371 e. The third-order valence-electron chi connectivity index (χ3n) is 6.02. The molecule has 190 valence electrons. The number of carbonyl (C=O) groups excluding carboxylic acids is 1. The van der Waals surface area contributed by atoms with Gasteiger partial charge in [-0.25, -0.2) is 0 Å². The van der Waals surface area contributed by atoms with E-state index in [0.717, 1.165) is 5.56 Å². The van der Waals surface area contributed by atoms with Crippen LogP contribution in [0, 0.1) is 0 Å². The molecule has 4 nitrogen and oxygen atoms in total. The Labute approximate surface area is 199 Å². The van der Waals surface area contributed by atoms with E-state index in [9.17, 15) is 31.1 Å². The van der Waals surface area contributed by atoms with E-state index < -0.39 is 40.7 Å². The summed E-state index contributed by atoms with van der Waals surface area (Å²) in [4.78, 5) is 16.3. The monoisotopic (exact) mass is 500 g/mol. The van der Waals surface area contributed by atoms with Crippen molar-refractivity contribution in [3.05, 3.63) is 70.8 Å². The Morgan fingerprint density at radius 1 is 1.03 bits per heavy atom. The number of hydrogen-bond acceptors (Lipinski definition) is 3. The highest BCUT2D eigenvalue weighted by molar-refractivity contribution is 5.87. The van der Waals surface area contributed by atoms with Gasteiger partial charge in [-0.1, -0.05) is 30.3 Å². The molecule has 2 aromatic rings. The molecule has 0 aromatic heterocycles. The van der Waals surface area contributed by atoms with Gasteiger partial charge in [0.15, 0.2) is 0 Å². The highest BCUT2D eigenvalue weighted by Gasteiger charge is 2.38. The second-order valence-corrected chi connectivity index (χ2v) is 9.16. The molecule has 3 atom stereocenters. The maximum Gasteiger partial charge on any atom is 0.416 e. The van der Waals surface area contributed by atoms with E-state index in [2.05, 4.69) is 10.3 Å². The molecule has 1 fully saturated rings. The summed E-state index contributed by atoms with van der Waals surface area (Å²) in [5.74, 6) is -0.102. The lowest BCUT2D eigenvalue weighted by atomic mass is 9.92. The van der Waals surface area contributed by atoms with Gasteiger partial charge in [0.2, 0.25) is 5.91 Å². The molecule has 3 rings (SSSR count). The molecule has 1 aliphatic rings. The SMILES string of the molecule is C[C@@H](OC[C@@](C)(N=C[C@]1(C)CCC(=O)N1)c1ccccc1)c1cc(C(F)(F)F)cc(C(F)(F)F)c1. The Hall–Kier alpha value is -2.88. The second kappa shape index (κ2) is 9.64. The van der Waals surface area contributed by atoms with Gasteiger partial charge in [-0.05, 0) is 56.5 Å². The van der Waals surface area contributed by atoms with Gasteiger partial charge < -0.3 is 10.1 Å². The van der Waals surface area contributed by atoms with E-state index in [1.807, 2.05) is 6.92 Å². The standard InChI is InChI=1S/C25H26F6N2O2/c1-16(17-11-19(24(26,27)28)13-20(12-17)25(29,30)31)35-15-23(3,18-7-5-4-6-8-18)32-14-22(2)10-9-21(34)33-22/h4-8,11-14,16H,9-10,15H2,1-3H3,(H,33,34)/t16-,22+,23-/m1/s1. The number of alkyl halides is 6. The maximum atomic E-state index is 13.3. The van der Waals surface area contributed by atoms with E-state index in [4.69, 9.17) is 4.74 Å². The van der Waals surface area contributed by atoms with Crippen molar-refractivity contribution >= 4 is 12.1 Å². The summed E-state index contributed by atoms with van der Waals surface area (Å²) in [6.45, 7) is 4.83. The second-order valence-electron chi connectivity index (χ2n) is 9.16. The van der Waals surface area contributed by atoms with Crippen LogP contribution >= 0.6 is 0 Å². The average molecular weight is 500 g/mol. The quantitative estimate of drug-likeness (QED) is 0.351. The van der Waals surface area contributed by atoms with Gasteiger partial charge in [0, 0.05) is 12.6 Å². The number of benzene rings is 2. The molecule has 2 aromatic carbocycles. The highest BCUT2D eigenvalue weighted by Crippen LogP contribution is 2.38. The fourth-order valence-corrected chi connectivity index (χ4v) is 3.79. The molecule has 1 saturated heterocycles. The number of rotatable bonds is 7. The lowest BCUT2D eigenvalue weighted by molar-refractivity contribution is -0.143. The van der Waals surface area contributed by atoms with Crippen molar-refractivity contribution in [3.8, 4) is 0 Å². The molecular weight excluding hydrogens is 474 g/mol. The summed E-state index contributed by atoms with van der Waals surface area (Å²) in [7, 11) is 0. The molecule has 1 amide bonds. The van der Waals surface area contributed by atoms with Crippen LogP contribution in [0.5, 0.6) is 0 Å². The topological polar surface area (TPSA) is 50.7 Å². The first-order valence-corrected chi connectivity index (χ1v) is 11.0. The number of aliphatic imine (C=N–C) groups is 1.